The molecule has 0 saturated carbocycles. The van der Waals surface area contributed by atoms with Crippen LogP contribution < -0.4 is 10.6 Å². The number of fused-ring (bicyclic) bond motifs is 2. The maximum Gasteiger partial charge on any atom is 0.247 e. The van der Waals surface area contributed by atoms with E-state index in [-0.39, 0.29) is 11.8 Å². The van der Waals surface area contributed by atoms with Crippen LogP contribution in [-0.2, 0) is 9.59 Å². The molecule has 4 rings (SSSR count). The van der Waals surface area contributed by atoms with Crippen LogP contribution in [0.25, 0.3) is 21.8 Å². The number of carbonyl (C=O) groups excluding carboxylic acids is 2. The van der Waals surface area contributed by atoms with E-state index < -0.39 is 16.1 Å². The van der Waals surface area contributed by atoms with Crippen molar-refractivity contribution in [3.63, 3.8) is 0 Å². The van der Waals surface area contributed by atoms with E-state index in [0.29, 0.717) is 0 Å². The molecule has 38 heavy (non-hydrogen) atoms. The number of carbonyl (C=O) groups is 2. The Labute approximate surface area is 226 Å². The summed E-state index contributed by atoms with van der Waals surface area (Å²) in [6.45, 7) is 13.1. The molecule has 2 aromatic carbocycles. The summed E-state index contributed by atoms with van der Waals surface area (Å²) in [6, 6.07) is 19.3. The predicted molar refractivity (Wildman–Crippen MR) is 166 cm³/mol. The van der Waals surface area contributed by atoms with Crippen LogP contribution in [0.5, 0.6) is 0 Å². The Hall–Kier alpha value is -3.89. The van der Waals surface area contributed by atoms with Gasteiger partial charge in [-0.2, -0.15) is 0 Å². The van der Waals surface area contributed by atoms with E-state index >= 15 is 0 Å². The lowest BCUT2D eigenvalue weighted by atomic mass is 10.2. The minimum Gasteiger partial charge on any atom is -0.321 e. The fourth-order valence-electron chi connectivity index (χ4n) is 3.41. The molecule has 2 aromatic heterocycles. The van der Waals surface area contributed by atoms with Crippen LogP contribution in [0.3, 0.4) is 0 Å². The van der Waals surface area contributed by atoms with Crippen LogP contribution >= 0.6 is 0 Å². The highest BCUT2D eigenvalue weighted by Crippen LogP contribution is 2.21. The molecule has 0 fully saturated rings. The number of hydrogen-bond donors (Lipinski definition) is 2. The Morgan fingerprint density at radius 1 is 0.605 bits per heavy atom. The second-order valence-corrected chi connectivity index (χ2v) is 21.3. The van der Waals surface area contributed by atoms with Crippen molar-refractivity contribution in [3.8, 4) is 0 Å². The molecule has 8 heteroatoms. The molecule has 0 unspecified atom stereocenters. The molecule has 0 radical (unpaired) electrons. The Bertz CT molecular complexity index is 1360. The lowest BCUT2D eigenvalue weighted by molar-refractivity contribution is -0.112. The second kappa shape index (κ2) is 12.6. The van der Waals surface area contributed by atoms with Gasteiger partial charge < -0.3 is 10.6 Å². The Morgan fingerprint density at radius 3 is 1.34 bits per heavy atom. The first kappa shape index (κ1) is 28.7. The number of aromatic nitrogens is 2. The van der Waals surface area contributed by atoms with Crippen molar-refractivity contribution in [2.24, 2.45) is 0 Å². The molecule has 2 heterocycles. The number of pyridine rings is 2. The molecule has 196 valence electrons. The van der Waals surface area contributed by atoms with Crippen molar-refractivity contribution in [3.05, 3.63) is 96.6 Å². The molecule has 0 aliphatic carbocycles. The molecule has 0 atom stereocenters. The average Bonchev–Trinajstić information content (AvgIpc) is 2.86. The normalized spacial score (nSPS) is 11.9. The average molecular weight is 541 g/mol. The Morgan fingerprint density at radius 2 is 0.974 bits per heavy atom. The van der Waals surface area contributed by atoms with Gasteiger partial charge in [-0.25, -0.2) is 0 Å². The van der Waals surface area contributed by atoms with Crippen molar-refractivity contribution in [1.29, 1.82) is 0 Å². The van der Waals surface area contributed by atoms with Crippen LogP contribution in [-0.4, -0.2) is 37.9 Å². The largest absolute Gasteiger partial charge is 0.321 e. The fraction of sp³-hybridized carbons (Fsp3) is 0.200. The fourth-order valence-corrected chi connectivity index (χ4v) is 4.71. The van der Waals surface area contributed by atoms with Gasteiger partial charge in [0.25, 0.3) is 0 Å². The Kier molecular flexibility index (Phi) is 9.49. The van der Waals surface area contributed by atoms with Crippen molar-refractivity contribution >= 4 is 61.1 Å². The van der Waals surface area contributed by atoms with E-state index in [1.807, 2.05) is 72.1 Å². The molecule has 2 N–H and O–H groups in total. The maximum atomic E-state index is 11.9. The Balaban J connectivity index is 0.000000211. The van der Waals surface area contributed by atoms with Crippen LogP contribution in [0, 0.1) is 0 Å². The van der Waals surface area contributed by atoms with Crippen LogP contribution in [0.1, 0.15) is 0 Å². The lowest BCUT2D eigenvalue weighted by Gasteiger charge is -2.09. The van der Waals surface area contributed by atoms with Gasteiger partial charge >= 0.3 is 0 Å². The molecular formula is C30H36N4O2Si2. The lowest BCUT2D eigenvalue weighted by Crippen LogP contribution is -2.18. The summed E-state index contributed by atoms with van der Waals surface area (Å²) in [7, 11) is -2.70. The van der Waals surface area contributed by atoms with Gasteiger partial charge in [0.15, 0.2) is 0 Å². The quantitative estimate of drug-likeness (QED) is 0.200. The van der Waals surface area contributed by atoms with E-state index in [9.17, 15) is 9.59 Å². The number of anilines is 2. The smallest absolute Gasteiger partial charge is 0.247 e. The van der Waals surface area contributed by atoms with Gasteiger partial charge in [-0.15, -0.1) is 0 Å². The molecule has 0 saturated heterocycles. The van der Waals surface area contributed by atoms with Gasteiger partial charge in [0.1, 0.15) is 0 Å². The van der Waals surface area contributed by atoms with Gasteiger partial charge in [0.05, 0.1) is 38.6 Å². The van der Waals surface area contributed by atoms with Gasteiger partial charge in [-0.05, 0) is 36.4 Å². The zero-order valence-corrected chi connectivity index (χ0v) is 24.9. The number of nitrogens with one attached hydrogen (secondary N) is 2. The molecular weight excluding hydrogens is 505 g/mol. The SMILES string of the molecule is C[Si](C)(C)/C=C\C(=O)Nc1cccc2cccnc12.C[Si](C)(C)/C=C\C(=O)Nc1cccc2cccnc12. The minimum absolute atomic E-state index is 0.0967. The zero-order valence-electron chi connectivity index (χ0n) is 22.9. The summed E-state index contributed by atoms with van der Waals surface area (Å²) in [5.41, 5.74) is 7.20. The van der Waals surface area contributed by atoms with E-state index in [1.165, 1.54) is 0 Å². The third-order valence-electron chi connectivity index (χ3n) is 5.25. The topological polar surface area (TPSA) is 84.0 Å². The number of amides is 2. The molecule has 0 spiro atoms. The predicted octanol–water partition coefficient (Wildman–Crippen LogP) is 7.21. The van der Waals surface area contributed by atoms with E-state index in [0.717, 1.165) is 33.2 Å². The summed E-state index contributed by atoms with van der Waals surface area (Å²) >= 11 is 0. The highest BCUT2D eigenvalue weighted by Gasteiger charge is 2.10. The number of benzene rings is 2. The second-order valence-electron chi connectivity index (χ2n) is 11.1. The summed E-state index contributed by atoms with van der Waals surface area (Å²) in [4.78, 5) is 32.4. The molecule has 2 amide bonds. The van der Waals surface area contributed by atoms with E-state index in [1.54, 1.807) is 24.5 Å². The van der Waals surface area contributed by atoms with Crippen LogP contribution in [0.15, 0.2) is 96.6 Å². The molecule has 4 aromatic rings. The summed E-state index contributed by atoms with van der Waals surface area (Å²) in [5.74, 6) is -0.193. The van der Waals surface area contributed by atoms with Gasteiger partial charge in [0, 0.05) is 23.2 Å². The van der Waals surface area contributed by atoms with Crippen molar-refractivity contribution in [1.82, 2.24) is 9.97 Å². The number of rotatable bonds is 6. The highest BCUT2D eigenvalue weighted by molar-refractivity contribution is 6.81. The minimum atomic E-state index is -1.35. The van der Waals surface area contributed by atoms with Crippen molar-refractivity contribution < 1.29 is 9.59 Å². The van der Waals surface area contributed by atoms with Gasteiger partial charge in [-0.3, -0.25) is 19.6 Å². The first-order chi connectivity index (χ1) is 17.9. The van der Waals surface area contributed by atoms with E-state index in [4.69, 9.17) is 0 Å². The van der Waals surface area contributed by atoms with Gasteiger partial charge in [0.2, 0.25) is 11.8 Å². The van der Waals surface area contributed by atoms with E-state index in [2.05, 4.69) is 59.9 Å². The third-order valence-corrected chi connectivity index (χ3v) is 7.58. The van der Waals surface area contributed by atoms with Gasteiger partial charge in [-0.1, -0.05) is 87.1 Å². The first-order valence-electron chi connectivity index (χ1n) is 12.6. The van der Waals surface area contributed by atoms with Crippen LogP contribution in [0.4, 0.5) is 11.4 Å². The number of hydrogen-bond acceptors (Lipinski definition) is 4. The number of nitrogens with zero attached hydrogens (tertiary/aromatic N) is 2. The van der Waals surface area contributed by atoms with Crippen molar-refractivity contribution in [2.75, 3.05) is 10.6 Å². The van der Waals surface area contributed by atoms with Crippen LogP contribution in [0.2, 0.25) is 39.3 Å². The maximum absolute atomic E-state index is 11.9. The zero-order chi connectivity index (χ0) is 27.8. The summed E-state index contributed by atoms with van der Waals surface area (Å²) < 4.78 is 0. The first-order valence-corrected chi connectivity index (χ1v) is 19.7. The molecule has 0 aliphatic rings. The molecule has 0 aliphatic heterocycles. The number of para-hydroxylation sites is 2. The summed E-state index contributed by atoms with van der Waals surface area (Å²) in [6.07, 6.45) is 6.73. The third kappa shape index (κ3) is 9.21. The van der Waals surface area contributed by atoms with Crippen molar-refractivity contribution in [2.45, 2.75) is 39.3 Å². The standard InChI is InChI=1S/2C15H18N2OSi/c2*1-19(2,3)11-9-14(18)17-13-8-4-6-12-7-5-10-16-15(12)13/h2*4-11H,1-3H3,(H,17,18)/b2*11-9-. The monoisotopic (exact) mass is 540 g/mol. The molecule has 6 nitrogen and oxygen atoms in total. The highest BCUT2D eigenvalue weighted by atomic mass is 28.3. The molecule has 0 bridgehead atoms. The summed E-state index contributed by atoms with van der Waals surface area (Å²) in [5, 5.41) is 7.83.